The van der Waals surface area contributed by atoms with E-state index in [1.165, 1.54) is 5.56 Å². The summed E-state index contributed by atoms with van der Waals surface area (Å²) in [6, 6.07) is 10.1. The summed E-state index contributed by atoms with van der Waals surface area (Å²) in [5.74, 6) is 0.504. The van der Waals surface area contributed by atoms with E-state index >= 15 is 0 Å². The highest BCUT2D eigenvalue weighted by Crippen LogP contribution is 2.20. The molecular formula is C12H16N2. The van der Waals surface area contributed by atoms with E-state index in [2.05, 4.69) is 32.0 Å². The van der Waals surface area contributed by atoms with Gasteiger partial charge in [-0.2, -0.15) is 5.26 Å². The van der Waals surface area contributed by atoms with Gasteiger partial charge in [-0.1, -0.05) is 38.1 Å². The Morgan fingerprint density at radius 1 is 1.36 bits per heavy atom. The maximum atomic E-state index is 8.55. The monoisotopic (exact) mass is 188 g/mol. The molecule has 1 atom stereocenters. The first kappa shape index (κ1) is 10.7. The molecule has 1 rings (SSSR count). The summed E-state index contributed by atoms with van der Waals surface area (Å²) in [5, 5.41) is 8.55. The zero-order valence-electron chi connectivity index (χ0n) is 8.70. The quantitative estimate of drug-likeness (QED) is 0.792. The zero-order chi connectivity index (χ0) is 10.6. The second kappa shape index (κ2) is 4.78. The molecule has 0 fully saturated rings. The fraction of sp³-hybridized carbons (Fsp3) is 0.417. The largest absolute Gasteiger partial charge is 0.323 e. The summed E-state index contributed by atoms with van der Waals surface area (Å²) in [6.07, 6.45) is 0.377. The standard InChI is InChI=1S/C12H16N2/c1-9(2)10-4-3-5-11(8-10)12(14)6-7-13/h3-5,8-9,12H,6,14H2,1-2H3/t12-/m1/s1. The van der Waals surface area contributed by atoms with E-state index in [-0.39, 0.29) is 6.04 Å². The molecule has 2 heteroatoms. The van der Waals surface area contributed by atoms with Crippen LogP contribution in [0.3, 0.4) is 0 Å². The summed E-state index contributed by atoms with van der Waals surface area (Å²) in [4.78, 5) is 0. The van der Waals surface area contributed by atoms with Gasteiger partial charge in [0, 0.05) is 6.04 Å². The van der Waals surface area contributed by atoms with Gasteiger partial charge in [0.2, 0.25) is 0 Å². The number of hydrogen-bond donors (Lipinski definition) is 1. The van der Waals surface area contributed by atoms with E-state index in [0.29, 0.717) is 12.3 Å². The van der Waals surface area contributed by atoms with Gasteiger partial charge >= 0.3 is 0 Å². The lowest BCUT2D eigenvalue weighted by atomic mass is 9.97. The summed E-state index contributed by atoms with van der Waals surface area (Å²) < 4.78 is 0. The molecule has 0 heterocycles. The molecule has 1 aromatic rings. The molecule has 1 aromatic carbocycles. The molecular weight excluding hydrogens is 172 g/mol. The molecule has 0 saturated carbocycles. The van der Waals surface area contributed by atoms with Crippen LogP contribution in [0, 0.1) is 11.3 Å². The molecule has 0 spiro atoms. The zero-order valence-corrected chi connectivity index (χ0v) is 8.70. The highest BCUT2D eigenvalue weighted by atomic mass is 14.6. The van der Waals surface area contributed by atoms with Crippen molar-refractivity contribution in [3.8, 4) is 6.07 Å². The minimum atomic E-state index is -0.154. The number of nitrogens with two attached hydrogens (primary N) is 1. The van der Waals surface area contributed by atoms with E-state index in [1.54, 1.807) is 0 Å². The smallest absolute Gasteiger partial charge is 0.0641 e. The van der Waals surface area contributed by atoms with Gasteiger partial charge in [0.15, 0.2) is 0 Å². The Morgan fingerprint density at radius 3 is 2.57 bits per heavy atom. The summed E-state index contributed by atoms with van der Waals surface area (Å²) in [5.41, 5.74) is 8.18. The van der Waals surface area contributed by atoms with Crippen LogP contribution in [0.5, 0.6) is 0 Å². The van der Waals surface area contributed by atoms with Crippen molar-refractivity contribution in [2.45, 2.75) is 32.2 Å². The van der Waals surface area contributed by atoms with Crippen LogP contribution in [0.25, 0.3) is 0 Å². The van der Waals surface area contributed by atoms with E-state index in [9.17, 15) is 0 Å². The Labute approximate surface area is 85.4 Å². The lowest BCUT2D eigenvalue weighted by Crippen LogP contribution is -2.09. The fourth-order valence-corrected chi connectivity index (χ4v) is 1.36. The van der Waals surface area contributed by atoms with Crippen LogP contribution in [-0.4, -0.2) is 0 Å². The third-order valence-electron chi connectivity index (χ3n) is 2.32. The molecule has 0 aliphatic rings. The van der Waals surface area contributed by atoms with E-state index < -0.39 is 0 Å². The van der Waals surface area contributed by atoms with Crippen molar-refractivity contribution < 1.29 is 0 Å². The second-order valence-corrected chi connectivity index (χ2v) is 3.79. The van der Waals surface area contributed by atoms with Crippen molar-refractivity contribution >= 4 is 0 Å². The van der Waals surface area contributed by atoms with E-state index in [4.69, 9.17) is 11.0 Å². The SMILES string of the molecule is CC(C)c1cccc([C@H](N)CC#N)c1. The predicted molar refractivity (Wildman–Crippen MR) is 57.7 cm³/mol. The number of benzene rings is 1. The van der Waals surface area contributed by atoms with Crippen molar-refractivity contribution in [1.29, 1.82) is 5.26 Å². The Morgan fingerprint density at radius 2 is 2.00 bits per heavy atom. The summed E-state index contributed by atoms with van der Waals surface area (Å²) in [6.45, 7) is 4.30. The van der Waals surface area contributed by atoms with Crippen LogP contribution in [-0.2, 0) is 0 Å². The van der Waals surface area contributed by atoms with Crippen LogP contribution >= 0.6 is 0 Å². The van der Waals surface area contributed by atoms with Gasteiger partial charge < -0.3 is 5.73 Å². The fourth-order valence-electron chi connectivity index (χ4n) is 1.36. The third-order valence-corrected chi connectivity index (χ3v) is 2.32. The number of hydrogen-bond acceptors (Lipinski definition) is 2. The van der Waals surface area contributed by atoms with Crippen molar-refractivity contribution in [1.82, 2.24) is 0 Å². The highest BCUT2D eigenvalue weighted by molar-refractivity contribution is 5.28. The van der Waals surface area contributed by atoms with Gasteiger partial charge in [0.05, 0.1) is 12.5 Å². The molecule has 0 radical (unpaired) electrons. The first-order chi connectivity index (χ1) is 6.65. The minimum Gasteiger partial charge on any atom is -0.323 e. The van der Waals surface area contributed by atoms with Gasteiger partial charge in [0.25, 0.3) is 0 Å². The number of nitriles is 1. The third kappa shape index (κ3) is 2.58. The molecule has 0 aliphatic heterocycles. The minimum absolute atomic E-state index is 0.154. The maximum Gasteiger partial charge on any atom is 0.0641 e. The van der Waals surface area contributed by atoms with Crippen molar-refractivity contribution in [2.75, 3.05) is 0 Å². The molecule has 74 valence electrons. The van der Waals surface area contributed by atoms with Gasteiger partial charge in [-0.15, -0.1) is 0 Å². The summed E-state index contributed by atoms with van der Waals surface area (Å²) in [7, 11) is 0. The topological polar surface area (TPSA) is 49.8 Å². The molecule has 0 aliphatic carbocycles. The van der Waals surface area contributed by atoms with Gasteiger partial charge in [-0.25, -0.2) is 0 Å². The first-order valence-corrected chi connectivity index (χ1v) is 4.87. The van der Waals surface area contributed by atoms with Gasteiger partial charge in [-0.05, 0) is 17.0 Å². The first-order valence-electron chi connectivity index (χ1n) is 4.87. The molecule has 0 unspecified atom stereocenters. The number of rotatable bonds is 3. The molecule has 14 heavy (non-hydrogen) atoms. The van der Waals surface area contributed by atoms with Crippen LogP contribution in [0.4, 0.5) is 0 Å². The lowest BCUT2D eigenvalue weighted by Gasteiger charge is -2.11. The molecule has 0 aromatic heterocycles. The Kier molecular flexibility index (Phi) is 3.67. The molecule has 0 saturated heterocycles. The maximum absolute atomic E-state index is 8.55. The van der Waals surface area contributed by atoms with E-state index in [0.717, 1.165) is 5.56 Å². The average Bonchev–Trinajstić information content (AvgIpc) is 2.18. The van der Waals surface area contributed by atoms with Crippen LogP contribution < -0.4 is 5.73 Å². The second-order valence-electron chi connectivity index (χ2n) is 3.79. The molecule has 2 nitrogen and oxygen atoms in total. The predicted octanol–water partition coefficient (Wildman–Crippen LogP) is 2.72. The van der Waals surface area contributed by atoms with Crippen LogP contribution in [0.1, 0.15) is 43.4 Å². The highest BCUT2D eigenvalue weighted by Gasteiger charge is 2.06. The van der Waals surface area contributed by atoms with Gasteiger partial charge in [-0.3, -0.25) is 0 Å². The van der Waals surface area contributed by atoms with Crippen molar-refractivity contribution in [3.05, 3.63) is 35.4 Å². The Balaban J connectivity index is 2.89. The van der Waals surface area contributed by atoms with Crippen molar-refractivity contribution in [3.63, 3.8) is 0 Å². The van der Waals surface area contributed by atoms with Crippen LogP contribution in [0.15, 0.2) is 24.3 Å². The van der Waals surface area contributed by atoms with Crippen LogP contribution in [0.2, 0.25) is 0 Å². The van der Waals surface area contributed by atoms with Gasteiger partial charge in [0.1, 0.15) is 0 Å². The molecule has 2 N–H and O–H groups in total. The Hall–Kier alpha value is -1.33. The Bertz CT molecular complexity index is 336. The average molecular weight is 188 g/mol. The summed E-state index contributed by atoms with van der Waals surface area (Å²) >= 11 is 0. The van der Waals surface area contributed by atoms with E-state index in [1.807, 2.05) is 12.1 Å². The molecule has 0 amide bonds. The normalized spacial score (nSPS) is 12.5. The number of nitrogens with zero attached hydrogens (tertiary/aromatic N) is 1. The lowest BCUT2D eigenvalue weighted by molar-refractivity contribution is 0.743. The molecule has 0 bridgehead atoms. The van der Waals surface area contributed by atoms with Crippen molar-refractivity contribution in [2.24, 2.45) is 5.73 Å².